The van der Waals surface area contributed by atoms with Gasteiger partial charge < -0.3 is 4.65 Å². The van der Waals surface area contributed by atoms with E-state index in [0.717, 1.165) is 6.61 Å². The molecule has 0 saturated carbocycles. The Morgan fingerprint density at radius 1 is 1.50 bits per heavy atom. The molecule has 0 aromatic heterocycles. The van der Waals surface area contributed by atoms with Gasteiger partial charge in [0, 0.05) is 0 Å². The summed E-state index contributed by atoms with van der Waals surface area (Å²) >= 11 is 0. The van der Waals surface area contributed by atoms with Crippen molar-refractivity contribution in [2.24, 2.45) is 0 Å². The van der Waals surface area contributed by atoms with Gasteiger partial charge in [0.05, 0.1) is 6.61 Å². The molecule has 1 nitrogen and oxygen atoms in total. The first-order valence-electron chi connectivity index (χ1n) is 3.41. The second-order valence-corrected chi connectivity index (χ2v) is 2.57. The molecule has 0 aliphatic carbocycles. The van der Waals surface area contributed by atoms with Crippen molar-refractivity contribution in [2.45, 2.75) is 13.5 Å². The van der Waals surface area contributed by atoms with Crippen LogP contribution in [-0.2, 0) is 11.3 Å². The fourth-order valence-electron chi connectivity index (χ4n) is 1.25. The van der Waals surface area contributed by atoms with E-state index in [4.69, 9.17) is 4.65 Å². The number of benzene rings is 1. The first-order valence-corrected chi connectivity index (χ1v) is 3.41. The summed E-state index contributed by atoms with van der Waals surface area (Å²) in [5, 5.41) is 0. The van der Waals surface area contributed by atoms with E-state index in [9.17, 15) is 0 Å². The molecule has 1 heterocycles. The second kappa shape index (κ2) is 2.13. The molecule has 2 rings (SSSR count). The predicted molar refractivity (Wildman–Crippen MR) is 41.4 cm³/mol. The van der Waals surface area contributed by atoms with Gasteiger partial charge in [-0.05, 0) is 23.5 Å². The molecule has 1 aromatic carbocycles. The van der Waals surface area contributed by atoms with Crippen LogP contribution < -0.4 is 5.46 Å². The topological polar surface area (TPSA) is 9.23 Å². The average Bonchev–Trinajstić information content (AvgIpc) is 2.36. The molecule has 1 aliphatic rings. The summed E-state index contributed by atoms with van der Waals surface area (Å²) < 4.78 is 5.17. The summed E-state index contributed by atoms with van der Waals surface area (Å²) in [7, 11) is 1.82. The molecular formula is C8H8BO. The summed E-state index contributed by atoms with van der Waals surface area (Å²) in [6.45, 7) is 2.86. The van der Waals surface area contributed by atoms with Crippen molar-refractivity contribution in [2.75, 3.05) is 0 Å². The van der Waals surface area contributed by atoms with E-state index in [1.54, 1.807) is 0 Å². The van der Waals surface area contributed by atoms with Crippen LogP contribution in [0.2, 0.25) is 0 Å². The Morgan fingerprint density at radius 3 is 3.20 bits per heavy atom. The summed E-state index contributed by atoms with van der Waals surface area (Å²) in [4.78, 5) is 0. The van der Waals surface area contributed by atoms with Gasteiger partial charge in [0.1, 0.15) is 0 Å². The highest BCUT2D eigenvalue weighted by atomic mass is 16.4. The van der Waals surface area contributed by atoms with Crippen LogP contribution in [0.3, 0.4) is 0 Å². The fraction of sp³-hybridized carbons (Fsp3) is 0.250. The summed E-state index contributed by atoms with van der Waals surface area (Å²) in [5.74, 6) is 0. The Labute approximate surface area is 61.3 Å². The maximum Gasteiger partial charge on any atom is 0.330 e. The van der Waals surface area contributed by atoms with Crippen molar-refractivity contribution < 1.29 is 4.65 Å². The Bertz CT molecular complexity index is 257. The number of rotatable bonds is 0. The third-order valence-electron chi connectivity index (χ3n) is 1.88. The van der Waals surface area contributed by atoms with Gasteiger partial charge in [-0.3, -0.25) is 0 Å². The molecule has 0 fully saturated rings. The zero-order valence-electron chi connectivity index (χ0n) is 5.92. The maximum atomic E-state index is 5.17. The van der Waals surface area contributed by atoms with Crippen LogP contribution in [0.5, 0.6) is 0 Å². The number of fused-ring (bicyclic) bond motifs is 1. The minimum atomic E-state index is 0.752. The van der Waals surface area contributed by atoms with Crippen molar-refractivity contribution in [3.8, 4) is 0 Å². The molecule has 0 amide bonds. The summed E-state index contributed by atoms with van der Waals surface area (Å²) in [6.07, 6.45) is 0. The first kappa shape index (κ1) is 5.99. The molecule has 0 unspecified atom stereocenters. The van der Waals surface area contributed by atoms with Gasteiger partial charge in [0.25, 0.3) is 0 Å². The van der Waals surface area contributed by atoms with E-state index in [0.29, 0.717) is 0 Å². The molecule has 0 saturated heterocycles. The lowest BCUT2D eigenvalue weighted by Crippen LogP contribution is -2.11. The van der Waals surface area contributed by atoms with Gasteiger partial charge in [-0.25, -0.2) is 0 Å². The molecule has 1 aliphatic heterocycles. The van der Waals surface area contributed by atoms with E-state index in [1.165, 1.54) is 16.6 Å². The zero-order valence-corrected chi connectivity index (χ0v) is 5.92. The highest BCUT2D eigenvalue weighted by Gasteiger charge is 2.13. The highest BCUT2D eigenvalue weighted by molar-refractivity contribution is 6.48. The molecule has 2 heteroatoms. The Morgan fingerprint density at radius 2 is 2.40 bits per heavy atom. The van der Waals surface area contributed by atoms with E-state index < -0.39 is 0 Å². The fourth-order valence-corrected chi connectivity index (χ4v) is 1.25. The third-order valence-corrected chi connectivity index (χ3v) is 1.88. The van der Waals surface area contributed by atoms with E-state index >= 15 is 0 Å². The quantitative estimate of drug-likeness (QED) is 0.472. The minimum Gasteiger partial charge on any atom is -0.430 e. The van der Waals surface area contributed by atoms with Crippen molar-refractivity contribution in [1.29, 1.82) is 0 Å². The molecule has 1 radical (unpaired) electrons. The Kier molecular flexibility index (Phi) is 1.28. The monoisotopic (exact) mass is 131 g/mol. The molecule has 1 aromatic rings. The molecule has 0 bridgehead atoms. The number of aryl methyl sites for hydroxylation is 1. The van der Waals surface area contributed by atoms with Crippen LogP contribution in [0.25, 0.3) is 0 Å². The van der Waals surface area contributed by atoms with Gasteiger partial charge in [-0.1, -0.05) is 18.2 Å². The van der Waals surface area contributed by atoms with Gasteiger partial charge in [0.2, 0.25) is 0 Å². The largest absolute Gasteiger partial charge is 0.430 e. The van der Waals surface area contributed by atoms with Crippen molar-refractivity contribution in [1.82, 2.24) is 0 Å². The van der Waals surface area contributed by atoms with E-state index in [2.05, 4.69) is 25.1 Å². The lowest BCUT2D eigenvalue weighted by Gasteiger charge is -1.99. The van der Waals surface area contributed by atoms with Crippen LogP contribution in [-0.4, -0.2) is 7.48 Å². The third kappa shape index (κ3) is 0.763. The lowest BCUT2D eigenvalue weighted by atomic mass is 9.86. The van der Waals surface area contributed by atoms with E-state index in [-0.39, 0.29) is 0 Å². The minimum absolute atomic E-state index is 0.752. The standard InChI is InChI=1S/C8H8BO/c1-6-3-2-4-8-7(6)5-10-9-8/h2-4H,5H2,1H3. The van der Waals surface area contributed by atoms with Crippen LogP contribution in [0.15, 0.2) is 18.2 Å². The number of hydrogen-bond donors (Lipinski definition) is 0. The molecule has 0 N–H and O–H groups in total. The summed E-state index contributed by atoms with van der Waals surface area (Å²) in [6, 6.07) is 6.25. The van der Waals surface area contributed by atoms with Crippen molar-refractivity contribution >= 4 is 12.9 Å². The Hall–Kier alpha value is -0.755. The summed E-state index contributed by atoms with van der Waals surface area (Å²) in [5.41, 5.74) is 3.90. The second-order valence-electron chi connectivity index (χ2n) is 2.57. The first-order chi connectivity index (χ1) is 4.88. The van der Waals surface area contributed by atoms with Gasteiger partial charge >= 0.3 is 7.48 Å². The lowest BCUT2D eigenvalue weighted by molar-refractivity contribution is 0.344. The zero-order chi connectivity index (χ0) is 6.97. The Balaban J connectivity index is 2.59. The number of hydrogen-bond acceptors (Lipinski definition) is 1. The molecule has 10 heavy (non-hydrogen) atoms. The van der Waals surface area contributed by atoms with Crippen LogP contribution in [0.1, 0.15) is 11.1 Å². The molecule has 49 valence electrons. The maximum absolute atomic E-state index is 5.17. The SMILES string of the molecule is Cc1cccc2c1CO[B]2. The smallest absolute Gasteiger partial charge is 0.330 e. The van der Waals surface area contributed by atoms with E-state index in [1.807, 2.05) is 7.48 Å². The van der Waals surface area contributed by atoms with Crippen LogP contribution >= 0.6 is 0 Å². The molecule has 0 spiro atoms. The highest BCUT2D eigenvalue weighted by Crippen LogP contribution is 2.09. The normalized spacial score (nSPS) is 14.5. The van der Waals surface area contributed by atoms with Gasteiger partial charge in [0.15, 0.2) is 0 Å². The molecular weight excluding hydrogens is 123 g/mol. The van der Waals surface area contributed by atoms with Crippen LogP contribution in [0.4, 0.5) is 0 Å². The van der Waals surface area contributed by atoms with Gasteiger partial charge in [-0.15, -0.1) is 0 Å². The molecule has 0 atom stereocenters. The van der Waals surface area contributed by atoms with Gasteiger partial charge in [-0.2, -0.15) is 0 Å². The average molecular weight is 131 g/mol. The van der Waals surface area contributed by atoms with Crippen molar-refractivity contribution in [3.63, 3.8) is 0 Å². The predicted octanol–water partition coefficient (Wildman–Crippen LogP) is 0.770. The van der Waals surface area contributed by atoms with Crippen LogP contribution in [0, 0.1) is 6.92 Å². The van der Waals surface area contributed by atoms with Crippen molar-refractivity contribution in [3.05, 3.63) is 29.3 Å².